The van der Waals surface area contributed by atoms with Gasteiger partial charge in [0.2, 0.25) is 0 Å². The Morgan fingerprint density at radius 3 is 1.06 bits per heavy atom. The van der Waals surface area contributed by atoms with Gasteiger partial charge in [-0.15, -0.1) is 0 Å². The summed E-state index contributed by atoms with van der Waals surface area (Å²) in [4.78, 5) is 100. The maximum Gasteiger partial charge on any atom is 0.339 e. The van der Waals surface area contributed by atoms with Gasteiger partial charge in [0.25, 0.3) is 17.7 Å². The third-order valence-corrected chi connectivity index (χ3v) is 21.0. The fourth-order valence-corrected chi connectivity index (χ4v) is 15.2. The normalized spacial score (nSPS) is 23.1. The van der Waals surface area contributed by atoms with E-state index >= 15 is 0 Å². The summed E-state index contributed by atoms with van der Waals surface area (Å²) in [6.45, 7) is 28.8. The number of piperidine rings is 3. The molecule has 19 heteroatoms. The highest BCUT2D eigenvalue weighted by molar-refractivity contribution is 6.33. The Morgan fingerprint density at radius 1 is 0.413 bits per heavy atom. The van der Waals surface area contributed by atoms with Gasteiger partial charge < -0.3 is 43.4 Å². The van der Waals surface area contributed by atoms with E-state index in [1.165, 1.54) is 24.0 Å². The summed E-state index contributed by atoms with van der Waals surface area (Å²) in [6, 6.07) is 10.0. The summed E-state index contributed by atoms with van der Waals surface area (Å²) >= 11 is 6.79. The fraction of sp³-hybridized carbons (Fsp3) is 0.567. The number of ether oxygens (including phenoxy) is 3. The van der Waals surface area contributed by atoms with Crippen molar-refractivity contribution >= 4 is 64.4 Å². The van der Waals surface area contributed by atoms with Crippen molar-refractivity contribution in [2.24, 2.45) is 15.5 Å². The van der Waals surface area contributed by atoms with E-state index in [2.05, 4.69) is 93.5 Å². The molecule has 3 aromatic rings. The summed E-state index contributed by atoms with van der Waals surface area (Å²) < 4.78 is 18.0. The van der Waals surface area contributed by atoms with Crippen LogP contribution in [0.2, 0.25) is 5.02 Å². The van der Waals surface area contributed by atoms with Crippen molar-refractivity contribution in [2.75, 3.05) is 59.1 Å². The summed E-state index contributed by atoms with van der Waals surface area (Å²) in [6.07, 6.45) is 42.1. The predicted octanol–water partition coefficient (Wildman–Crippen LogP) is 19.4. The van der Waals surface area contributed by atoms with Crippen LogP contribution in [-0.2, 0) is 62.4 Å². The van der Waals surface area contributed by atoms with Gasteiger partial charge in [-0.1, -0.05) is 162 Å². The molecule has 594 valence electrons. The first-order valence-electron chi connectivity index (χ1n) is 40.5. The number of carbonyl (C=O) groups excluding carboxylic acids is 6. The van der Waals surface area contributed by atoms with Gasteiger partial charge in [0.05, 0.1) is 33.8 Å². The number of oxime groups is 3. The van der Waals surface area contributed by atoms with Crippen molar-refractivity contribution in [1.29, 1.82) is 0 Å². The average Bonchev–Trinajstić information content (AvgIpc) is 1.41. The molecule has 0 spiro atoms. The molecule has 3 amide bonds. The van der Waals surface area contributed by atoms with Crippen LogP contribution in [-0.4, -0.2) is 145 Å². The van der Waals surface area contributed by atoms with E-state index in [1.54, 1.807) is 0 Å². The van der Waals surface area contributed by atoms with Crippen LogP contribution in [0.1, 0.15) is 277 Å². The second kappa shape index (κ2) is 47.0. The number of rotatable bonds is 15. The number of amides is 3. The van der Waals surface area contributed by atoms with Crippen LogP contribution in [0.25, 0.3) is 0 Å². The number of esters is 3. The number of hydrogen-bond acceptors (Lipinski definition) is 15. The van der Waals surface area contributed by atoms with Gasteiger partial charge in [-0.2, -0.15) is 0 Å². The van der Waals surface area contributed by atoms with Gasteiger partial charge in [-0.05, 0) is 235 Å². The Kier molecular flexibility index (Phi) is 37.9. The lowest BCUT2D eigenvalue weighted by atomic mass is 9.94. The van der Waals surface area contributed by atoms with Crippen LogP contribution in [0.3, 0.4) is 0 Å². The van der Waals surface area contributed by atoms with Gasteiger partial charge in [0, 0.05) is 82.8 Å². The molecule has 0 aliphatic carbocycles. The minimum Gasteiger partial charge on any atom is -0.458 e. The fourth-order valence-electron chi connectivity index (χ4n) is 15.0. The number of carbonyl (C=O) groups is 6. The van der Waals surface area contributed by atoms with Crippen LogP contribution in [0.15, 0.2) is 117 Å². The number of benzene rings is 3. The molecule has 9 rings (SSSR count). The number of fused-ring (bicyclic) bond motifs is 3. The van der Waals surface area contributed by atoms with Crippen molar-refractivity contribution in [3.63, 3.8) is 0 Å². The zero-order valence-electron chi connectivity index (χ0n) is 67.7. The number of nitrogens with zero attached hydrogens (tertiary/aromatic N) is 6. The van der Waals surface area contributed by atoms with Crippen molar-refractivity contribution in [2.45, 2.75) is 275 Å². The molecule has 6 aliphatic rings. The molecule has 0 N–H and O–H groups in total. The zero-order chi connectivity index (χ0) is 78.6. The van der Waals surface area contributed by atoms with Gasteiger partial charge in [0.1, 0.15) is 18.3 Å². The Bertz CT molecular complexity index is 3680. The van der Waals surface area contributed by atoms with E-state index in [0.29, 0.717) is 70.1 Å². The monoisotopic (exact) mass is 1520 g/mol. The molecular formula is C90H125ClN6O12. The minimum atomic E-state index is -0.362. The first-order valence-corrected chi connectivity index (χ1v) is 40.9. The Morgan fingerprint density at radius 2 is 0.725 bits per heavy atom. The minimum absolute atomic E-state index is 0.0246. The topological polar surface area (TPSA) is 205 Å². The second-order valence-electron chi connectivity index (χ2n) is 30.5. The highest BCUT2D eigenvalue weighted by Gasteiger charge is 2.28. The van der Waals surface area contributed by atoms with Crippen molar-refractivity contribution in [3.05, 3.63) is 174 Å². The molecule has 6 heterocycles. The lowest BCUT2D eigenvalue weighted by Gasteiger charge is -2.26. The lowest BCUT2D eigenvalue weighted by Crippen LogP contribution is -2.37. The molecule has 0 aromatic heterocycles. The standard InChI is InChI=1S/C30H41ClN2O4.2C30H42N2O4/c1-5-12-25-14-9-6-8-13-21(2)17-24(32-36-20-27(34)33-15-10-7-11-16-33)19-26-28(30(35)37-25)22(3)18-23(4)29(26)31;2*1-5-12-27-14-9-6-8-13-22(2)19-26(31-35-21-28(33)32-15-10-7-11-16-32)20-25-18-23(3)17-24(4)29(25)30(34)36-27/h6,9,17-18,25H,5,7-8,10-16,19-20H2,1-4H3;2*6,9,17-19,27H,5,7-8,10-16,20-21H2,1-4H3/b9-6+,21-17+,32-24+;9-6+,22-19+,31-26+;9-6+,22-19+,31-26-. The first-order chi connectivity index (χ1) is 52.5. The summed E-state index contributed by atoms with van der Waals surface area (Å²) in [5, 5.41) is 13.7. The van der Waals surface area contributed by atoms with Crippen LogP contribution < -0.4 is 0 Å². The largest absolute Gasteiger partial charge is 0.458 e. The molecule has 3 fully saturated rings. The Hall–Kier alpha value is -8.38. The van der Waals surface area contributed by atoms with Crippen LogP contribution >= 0.6 is 11.6 Å². The lowest BCUT2D eigenvalue weighted by molar-refractivity contribution is -0.137. The van der Waals surface area contributed by atoms with Crippen molar-refractivity contribution in [3.8, 4) is 0 Å². The molecule has 0 saturated carbocycles. The molecule has 3 atom stereocenters. The van der Waals surface area contributed by atoms with E-state index in [-0.39, 0.29) is 73.8 Å². The molecule has 109 heavy (non-hydrogen) atoms. The summed E-state index contributed by atoms with van der Waals surface area (Å²) in [5.41, 5.74) is 15.3. The highest BCUT2D eigenvalue weighted by Crippen LogP contribution is 2.32. The Labute approximate surface area is 655 Å². The van der Waals surface area contributed by atoms with Crippen molar-refractivity contribution in [1.82, 2.24) is 14.7 Å². The SMILES string of the molecule is CCCC1C/C=C/CC/C(C)=C/C(=N/OCC(=O)N2CCCCC2)Cc2cc(C)cc(C)c2C(=O)O1.CCCC1C/C=C/CC/C(C)=C/C(=N\OCC(=O)N2CCCCC2)Cc2c(Cl)c(C)cc(C)c2C(=O)O1.CCCC1C/C=C/CC/C(C)=C/C(=N\OCC(=O)N2CCCCC2)Cc2cc(C)cc(C)c2C(=O)O1. The highest BCUT2D eigenvalue weighted by atomic mass is 35.5. The maximum atomic E-state index is 13.5. The third-order valence-electron chi connectivity index (χ3n) is 20.5. The number of allylic oxidation sites excluding steroid dienone is 9. The van der Waals surface area contributed by atoms with E-state index in [1.807, 2.05) is 105 Å². The average molecular weight is 1520 g/mol. The molecule has 0 bridgehead atoms. The van der Waals surface area contributed by atoms with E-state index < -0.39 is 0 Å². The van der Waals surface area contributed by atoms with E-state index in [9.17, 15) is 28.8 Å². The van der Waals surface area contributed by atoms with Crippen molar-refractivity contribution < 1.29 is 57.5 Å². The van der Waals surface area contributed by atoms with E-state index in [4.69, 9.17) is 40.3 Å². The molecular weight excluding hydrogens is 1390 g/mol. The second-order valence-corrected chi connectivity index (χ2v) is 30.9. The number of halogens is 1. The number of hydrogen-bond donors (Lipinski definition) is 0. The van der Waals surface area contributed by atoms with Crippen LogP contribution in [0.5, 0.6) is 0 Å². The van der Waals surface area contributed by atoms with Gasteiger partial charge in [-0.25, -0.2) is 14.4 Å². The molecule has 3 saturated heterocycles. The molecule has 0 radical (unpaired) electrons. The number of aryl methyl sites for hydroxylation is 6. The first kappa shape index (κ1) is 87.8. The smallest absolute Gasteiger partial charge is 0.339 e. The van der Waals surface area contributed by atoms with Gasteiger partial charge in [0.15, 0.2) is 19.8 Å². The maximum absolute atomic E-state index is 13.5. The third kappa shape index (κ3) is 29.8. The van der Waals surface area contributed by atoms with Gasteiger partial charge in [-0.3, -0.25) is 14.4 Å². The number of cyclic esters (lactones) is 3. The quantitative estimate of drug-likeness (QED) is 0.0603. The summed E-state index contributed by atoms with van der Waals surface area (Å²) in [7, 11) is 0. The molecule has 6 aliphatic heterocycles. The molecule has 18 nitrogen and oxygen atoms in total. The zero-order valence-corrected chi connectivity index (χ0v) is 68.5. The number of likely N-dealkylation sites (tertiary alicyclic amines) is 3. The molecule has 3 unspecified atom stereocenters. The summed E-state index contributed by atoms with van der Waals surface area (Å²) in [5.74, 6) is -1.03. The Balaban J connectivity index is 0.000000228. The predicted molar refractivity (Wildman–Crippen MR) is 438 cm³/mol. The van der Waals surface area contributed by atoms with Gasteiger partial charge >= 0.3 is 17.9 Å². The molecule has 3 aromatic carbocycles. The van der Waals surface area contributed by atoms with Crippen LogP contribution in [0, 0.1) is 41.5 Å². The van der Waals surface area contributed by atoms with Crippen LogP contribution in [0.4, 0.5) is 0 Å². The van der Waals surface area contributed by atoms with E-state index in [0.717, 1.165) is 224 Å².